The Labute approximate surface area is 186 Å². The van der Waals surface area contributed by atoms with Crippen LogP contribution in [0.2, 0.25) is 5.02 Å². The summed E-state index contributed by atoms with van der Waals surface area (Å²) in [5.41, 5.74) is 2.11. The van der Waals surface area contributed by atoms with Crippen LogP contribution >= 0.6 is 27.5 Å². The molecule has 6 heteroatoms. The first-order valence-electron chi connectivity index (χ1n) is 9.24. The molecule has 1 heterocycles. The number of methoxy groups -OCH3 is 1. The lowest BCUT2D eigenvalue weighted by molar-refractivity contribution is 0.0588. The Morgan fingerprint density at radius 1 is 1.00 bits per heavy atom. The lowest BCUT2D eigenvalue weighted by Gasteiger charge is -2.19. The van der Waals surface area contributed by atoms with Gasteiger partial charge in [-0.1, -0.05) is 76.1 Å². The Morgan fingerprint density at radius 2 is 1.70 bits per heavy atom. The number of fused-ring (bicyclic) bond motifs is 1. The average molecular weight is 483 g/mol. The minimum absolute atomic E-state index is 0.148. The maximum atomic E-state index is 13.5. The summed E-state index contributed by atoms with van der Waals surface area (Å²) in [7, 11) is 1.31. The standard InChI is InChI=1S/C24H17BrClNO3/c1-30-24(29)22-21(15-7-3-2-4-8-15)19-13-17(25)11-12-18(19)23(28)27(22)14-16-9-5-6-10-20(16)26/h2-13H,14H2,1H3. The Balaban J connectivity index is 2.14. The Bertz CT molecular complexity index is 1320. The number of carbonyl (C=O) groups excluding carboxylic acids is 1. The van der Waals surface area contributed by atoms with E-state index < -0.39 is 5.97 Å². The minimum atomic E-state index is -0.583. The molecule has 1 aromatic heterocycles. The van der Waals surface area contributed by atoms with Crippen LogP contribution in [0.15, 0.2) is 82.1 Å². The summed E-state index contributed by atoms with van der Waals surface area (Å²) < 4.78 is 7.36. The zero-order valence-electron chi connectivity index (χ0n) is 16.1. The summed E-state index contributed by atoms with van der Waals surface area (Å²) in [5, 5.41) is 1.71. The van der Waals surface area contributed by atoms with Gasteiger partial charge < -0.3 is 4.74 Å². The second-order valence-corrected chi connectivity index (χ2v) is 8.08. The van der Waals surface area contributed by atoms with Crippen molar-refractivity contribution in [3.8, 4) is 11.1 Å². The van der Waals surface area contributed by atoms with Gasteiger partial charge in [-0.05, 0) is 40.8 Å². The summed E-state index contributed by atoms with van der Waals surface area (Å²) in [5.74, 6) is -0.583. The van der Waals surface area contributed by atoms with Crippen molar-refractivity contribution in [3.05, 3.63) is 104 Å². The molecule has 4 rings (SSSR count). The number of halogens is 2. The molecule has 0 bridgehead atoms. The van der Waals surface area contributed by atoms with Gasteiger partial charge in [-0.2, -0.15) is 0 Å². The zero-order valence-corrected chi connectivity index (χ0v) is 18.4. The highest BCUT2D eigenvalue weighted by Gasteiger charge is 2.24. The van der Waals surface area contributed by atoms with Crippen molar-refractivity contribution in [2.24, 2.45) is 0 Å². The SMILES string of the molecule is COC(=O)c1c(-c2ccccc2)c2cc(Br)ccc2c(=O)n1Cc1ccccc1Cl. The number of pyridine rings is 1. The summed E-state index contributed by atoms with van der Waals surface area (Å²) >= 11 is 9.83. The van der Waals surface area contributed by atoms with Crippen molar-refractivity contribution in [3.63, 3.8) is 0 Å². The molecule has 0 unspecified atom stereocenters. The molecule has 0 saturated heterocycles. The molecule has 0 radical (unpaired) electrons. The van der Waals surface area contributed by atoms with Gasteiger partial charge >= 0.3 is 5.97 Å². The van der Waals surface area contributed by atoms with Gasteiger partial charge in [0.2, 0.25) is 0 Å². The van der Waals surface area contributed by atoms with E-state index in [1.807, 2.05) is 60.7 Å². The topological polar surface area (TPSA) is 48.3 Å². The fourth-order valence-electron chi connectivity index (χ4n) is 3.57. The third-order valence-electron chi connectivity index (χ3n) is 4.96. The summed E-state index contributed by atoms with van der Waals surface area (Å²) in [6, 6.07) is 22.2. The van der Waals surface area contributed by atoms with Crippen LogP contribution in [0.1, 0.15) is 16.1 Å². The summed E-state index contributed by atoms with van der Waals surface area (Å²) in [6.07, 6.45) is 0. The van der Waals surface area contributed by atoms with Crippen LogP contribution < -0.4 is 5.56 Å². The van der Waals surface area contributed by atoms with Gasteiger partial charge in [-0.15, -0.1) is 0 Å². The molecular weight excluding hydrogens is 466 g/mol. The van der Waals surface area contributed by atoms with Crippen LogP contribution in [0.3, 0.4) is 0 Å². The second kappa shape index (κ2) is 8.46. The van der Waals surface area contributed by atoms with E-state index in [1.54, 1.807) is 12.1 Å². The first-order valence-corrected chi connectivity index (χ1v) is 10.4. The second-order valence-electron chi connectivity index (χ2n) is 6.75. The van der Waals surface area contributed by atoms with Crippen molar-refractivity contribution in [2.75, 3.05) is 7.11 Å². The van der Waals surface area contributed by atoms with E-state index in [0.29, 0.717) is 21.4 Å². The minimum Gasteiger partial charge on any atom is -0.464 e. The molecule has 0 fully saturated rings. The van der Waals surface area contributed by atoms with E-state index >= 15 is 0 Å². The van der Waals surface area contributed by atoms with Crippen LogP contribution in [0.25, 0.3) is 21.9 Å². The van der Waals surface area contributed by atoms with Crippen LogP contribution in [0.5, 0.6) is 0 Å². The van der Waals surface area contributed by atoms with Gasteiger partial charge in [0.05, 0.1) is 13.7 Å². The number of nitrogens with zero attached hydrogens (tertiary/aromatic N) is 1. The molecule has 0 aliphatic carbocycles. The van der Waals surface area contributed by atoms with Crippen molar-refractivity contribution in [1.82, 2.24) is 4.57 Å². The van der Waals surface area contributed by atoms with E-state index in [0.717, 1.165) is 15.6 Å². The van der Waals surface area contributed by atoms with Gasteiger partial charge in [0.1, 0.15) is 5.69 Å². The van der Waals surface area contributed by atoms with Crippen molar-refractivity contribution in [1.29, 1.82) is 0 Å². The highest BCUT2D eigenvalue weighted by Crippen LogP contribution is 2.33. The summed E-state index contributed by atoms with van der Waals surface area (Å²) in [4.78, 5) is 26.4. The number of ether oxygens (including phenoxy) is 1. The van der Waals surface area contributed by atoms with Crippen LogP contribution in [-0.4, -0.2) is 17.6 Å². The molecule has 0 atom stereocenters. The van der Waals surface area contributed by atoms with Crippen LogP contribution in [0.4, 0.5) is 0 Å². The van der Waals surface area contributed by atoms with Crippen molar-refractivity contribution < 1.29 is 9.53 Å². The number of esters is 1. The lowest BCUT2D eigenvalue weighted by Crippen LogP contribution is -2.28. The van der Waals surface area contributed by atoms with Crippen molar-refractivity contribution >= 4 is 44.3 Å². The van der Waals surface area contributed by atoms with Gasteiger partial charge in [0.15, 0.2) is 0 Å². The molecule has 0 aliphatic heterocycles. The Hall–Kier alpha value is -2.89. The molecule has 4 aromatic rings. The third kappa shape index (κ3) is 3.66. The zero-order chi connectivity index (χ0) is 21.3. The molecular formula is C24H17BrClNO3. The molecule has 4 nitrogen and oxygen atoms in total. The van der Waals surface area contributed by atoms with Crippen molar-refractivity contribution in [2.45, 2.75) is 6.54 Å². The first kappa shape index (κ1) is 20.4. The molecule has 0 saturated carbocycles. The smallest absolute Gasteiger partial charge is 0.355 e. The lowest BCUT2D eigenvalue weighted by atomic mass is 9.96. The monoisotopic (exact) mass is 481 g/mol. The molecule has 0 N–H and O–H groups in total. The Kier molecular flexibility index (Phi) is 5.75. The quantitative estimate of drug-likeness (QED) is 0.339. The third-order valence-corrected chi connectivity index (χ3v) is 5.82. The van der Waals surface area contributed by atoms with Crippen LogP contribution in [-0.2, 0) is 11.3 Å². The molecule has 0 spiro atoms. The van der Waals surface area contributed by atoms with E-state index in [4.69, 9.17) is 16.3 Å². The molecule has 0 amide bonds. The number of aromatic nitrogens is 1. The predicted octanol–water partition coefficient (Wildman–Crippen LogP) is 5.92. The van der Waals surface area contributed by atoms with E-state index in [2.05, 4.69) is 15.9 Å². The predicted molar refractivity (Wildman–Crippen MR) is 123 cm³/mol. The number of rotatable bonds is 4. The first-order chi connectivity index (χ1) is 14.5. The largest absolute Gasteiger partial charge is 0.464 e. The number of hydrogen-bond acceptors (Lipinski definition) is 3. The maximum absolute atomic E-state index is 13.5. The normalized spacial score (nSPS) is 10.9. The van der Waals surface area contributed by atoms with Gasteiger partial charge in [0.25, 0.3) is 5.56 Å². The maximum Gasteiger partial charge on any atom is 0.355 e. The van der Waals surface area contributed by atoms with E-state index in [9.17, 15) is 9.59 Å². The number of hydrogen-bond donors (Lipinski definition) is 0. The number of benzene rings is 3. The van der Waals surface area contributed by atoms with Gasteiger partial charge in [0, 0.05) is 20.4 Å². The van der Waals surface area contributed by atoms with Gasteiger partial charge in [-0.25, -0.2) is 4.79 Å². The number of carbonyl (C=O) groups is 1. The molecule has 0 aliphatic rings. The highest BCUT2D eigenvalue weighted by atomic mass is 79.9. The Morgan fingerprint density at radius 3 is 2.40 bits per heavy atom. The average Bonchev–Trinajstić information content (AvgIpc) is 2.76. The van der Waals surface area contributed by atoms with Gasteiger partial charge in [-0.3, -0.25) is 9.36 Å². The van der Waals surface area contributed by atoms with E-state index in [1.165, 1.54) is 11.7 Å². The fraction of sp³-hybridized carbons (Fsp3) is 0.0833. The van der Waals surface area contributed by atoms with E-state index in [-0.39, 0.29) is 17.8 Å². The fourth-order valence-corrected chi connectivity index (χ4v) is 4.13. The van der Waals surface area contributed by atoms with Crippen LogP contribution in [0, 0.1) is 0 Å². The molecule has 3 aromatic carbocycles. The molecule has 150 valence electrons. The summed E-state index contributed by atoms with van der Waals surface area (Å²) in [6.45, 7) is 0.148. The highest BCUT2D eigenvalue weighted by molar-refractivity contribution is 9.10. The molecule has 30 heavy (non-hydrogen) atoms.